The summed E-state index contributed by atoms with van der Waals surface area (Å²) < 4.78 is 5.25. The molecule has 3 rings (SSSR count). The predicted molar refractivity (Wildman–Crippen MR) is 98.9 cm³/mol. The second-order valence-corrected chi connectivity index (χ2v) is 7.27. The Morgan fingerprint density at radius 2 is 2.19 bits per heavy atom. The molecule has 1 heterocycles. The number of carbonyl (C=O) groups excluding carboxylic acids is 1. The first-order chi connectivity index (χ1) is 12.5. The molecule has 0 radical (unpaired) electrons. The highest BCUT2D eigenvalue weighted by atomic mass is 32.1. The molecule has 1 aliphatic rings. The fraction of sp³-hybridized carbons (Fsp3) is 0.389. The number of rotatable bonds is 8. The lowest BCUT2D eigenvalue weighted by Gasteiger charge is -2.21. The Hall–Kier alpha value is -2.45. The van der Waals surface area contributed by atoms with Gasteiger partial charge in [-0.15, -0.1) is 0 Å². The number of methoxy groups -OCH3 is 1. The largest absolute Gasteiger partial charge is 0.497 e. The van der Waals surface area contributed by atoms with Gasteiger partial charge in [0.05, 0.1) is 19.3 Å². The van der Waals surface area contributed by atoms with Crippen molar-refractivity contribution in [1.29, 1.82) is 0 Å². The van der Waals surface area contributed by atoms with Gasteiger partial charge in [0.25, 0.3) is 0 Å². The molecular formula is C18H21N3O4S. The number of thiazole rings is 1. The molecule has 0 saturated heterocycles. The van der Waals surface area contributed by atoms with Crippen molar-refractivity contribution < 1.29 is 19.4 Å². The number of hydrogen-bond acceptors (Lipinski definition) is 6. The molecule has 0 spiro atoms. The van der Waals surface area contributed by atoms with Crippen LogP contribution in [0.5, 0.6) is 5.75 Å². The maximum Gasteiger partial charge on any atom is 0.347 e. The lowest BCUT2D eigenvalue weighted by atomic mass is 10.2. The van der Waals surface area contributed by atoms with Gasteiger partial charge in [0.2, 0.25) is 5.91 Å². The zero-order valence-corrected chi connectivity index (χ0v) is 15.5. The quantitative estimate of drug-likeness (QED) is 0.737. The van der Waals surface area contributed by atoms with Crippen LogP contribution < -0.4 is 10.1 Å². The molecule has 26 heavy (non-hydrogen) atoms. The molecule has 138 valence electrons. The van der Waals surface area contributed by atoms with E-state index in [0.29, 0.717) is 23.4 Å². The van der Waals surface area contributed by atoms with Crippen molar-refractivity contribution in [3.8, 4) is 5.75 Å². The zero-order chi connectivity index (χ0) is 18.7. The lowest BCUT2D eigenvalue weighted by Crippen LogP contribution is -2.34. The highest BCUT2D eigenvalue weighted by Crippen LogP contribution is 2.29. The second-order valence-electron chi connectivity index (χ2n) is 6.27. The zero-order valence-electron chi connectivity index (χ0n) is 14.7. The number of amides is 1. The van der Waals surface area contributed by atoms with Crippen molar-refractivity contribution in [1.82, 2.24) is 9.88 Å². The van der Waals surface area contributed by atoms with Crippen LogP contribution in [0.3, 0.4) is 0 Å². The van der Waals surface area contributed by atoms with E-state index in [-0.39, 0.29) is 17.3 Å². The van der Waals surface area contributed by atoms with Crippen molar-refractivity contribution in [3.05, 3.63) is 40.4 Å². The lowest BCUT2D eigenvalue weighted by molar-refractivity contribution is -0.117. The molecule has 0 bridgehead atoms. The van der Waals surface area contributed by atoms with Crippen molar-refractivity contribution in [2.24, 2.45) is 0 Å². The Bertz CT molecular complexity index is 817. The number of aromatic carboxylic acids is 1. The highest BCUT2D eigenvalue weighted by molar-refractivity contribution is 7.17. The number of aryl methyl sites for hydroxylation is 1. The van der Waals surface area contributed by atoms with Gasteiger partial charge in [0.1, 0.15) is 10.6 Å². The number of carboxylic acids is 1. The molecule has 2 aromatic rings. The first-order valence-corrected chi connectivity index (χ1v) is 9.15. The van der Waals surface area contributed by atoms with Crippen LogP contribution in [0.1, 0.15) is 33.8 Å². The monoisotopic (exact) mass is 375 g/mol. The molecule has 1 saturated carbocycles. The van der Waals surface area contributed by atoms with E-state index in [0.717, 1.165) is 35.5 Å². The minimum atomic E-state index is -1.03. The highest BCUT2D eigenvalue weighted by Gasteiger charge is 2.30. The minimum absolute atomic E-state index is 0.149. The molecule has 1 fully saturated rings. The van der Waals surface area contributed by atoms with E-state index in [4.69, 9.17) is 9.84 Å². The second kappa shape index (κ2) is 7.84. The van der Waals surface area contributed by atoms with Crippen LogP contribution in [-0.4, -0.2) is 46.6 Å². The third kappa shape index (κ3) is 4.59. The molecule has 2 N–H and O–H groups in total. The van der Waals surface area contributed by atoms with E-state index in [1.54, 1.807) is 14.0 Å². The Morgan fingerprint density at radius 1 is 1.42 bits per heavy atom. The van der Waals surface area contributed by atoms with Gasteiger partial charge < -0.3 is 15.2 Å². The number of ether oxygens (including phenoxy) is 1. The summed E-state index contributed by atoms with van der Waals surface area (Å²) in [4.78, 5) is 29.9. The molecule has 0 unspecified atom stereocenters. The maximum absolute atomic E-state index is 12.4. The van der Waals surface area contributed by atoms with Gasteiger partial charge in [-0.2, -0.15) is 0 Å². The number of anilines is 1. The number of carbonyl (C=O) groups is 2. The van der Waals surface area contributed by atoms with Crippen LogP contribution in [0.2, 0.25) is 0 Å². The summed E-state index contributed by atoms with van der Waals surface area (Å²) in [6, 6.07) is 8.21. The summed E-state index contributed by atoms with van der Waals surface area (Å²) in [6.07, 6.45) is 2.16. The SMILES string of the molecule is COc1cccc(CN(CC(=O)Nc2nc(C)c(C(=O)O)s2)C2CC2)c1. The Morgan fingerprint density at radius 3 is 2.81 bits per heavy atom. The summed E-state index contributed by atoms with van der Waals surface area (Å²) in [5.74, 6) is -0.425. The van der Waals surface area contributed by atoms with Crippen LogP contribution in [0.25, 0.3) is 0 Å². The Kier molecular flexibility index (Phi) is 5.53. The standard InChI is InChI=1S/C18H21N3O4S/c1-11-16(17(23)24)26-18(19-11)20-15(22)10-21(13-6-7-13)9-12-4-3-5-14(8-12)25-2/h3-5,8,13H,6-7,9-10H2,1-2H3,(H,23,24)(H,19,20,22). The summed E-state index contributed by atoms with van der Waals surface area (Å²) in [5, 5.41) is 12.1. The average Bonchev–Trinajstić information content (AvgIpc) is 3.38. The van der Waals surface area contributed by atoms with E-state index in [1.807, 2.05) is 24.3 Å². The van der Waals surface area contributed by atoms with E-state index in [2.05, 4.69) is 15.2 Å². The van der Waals surface area contributed by atoms with Crippen molar-refractivity contribution >= 4 is 28.3 Å². The number of nitrogens with one attached hydrogen (secondary N) is 1. The predicted octanol–water partition coefficient (Wildman–Crippen LogP) is 2.76. The smallest absolute Gasteiger partial charge is 0.347 e. The number of carboxylic acid groups (broad SMARTS) is 1. The Labute approximate surface area is 155 Å². The third-order valence-corrected chi connectivity index (χ3v) is 5.23. The van der Waals surface area contributed by atoms with Crippen LogP contribution in [-0.2, 0) is 11.3 Å². The van der Waals surface area contributed by atoms with Crippen LogP contribution in [0.4, 0.5) is 5.13 Å². The normalized spacial score (nSPS) is 13.7. The van der Waals surface area contributed by atoms with Crippen molar-refractivity contribution in [3.63, 3.8) is 0 Å². The summed E-state index contributed by atoms with van der Waals surface area (Å²) >= 11 is 0.978. The maximum atomic E-state index is 12.4. The summed E-state index contributed by atoms with van der Waals surface area (Å²) in [6.45, 7) is 2.52. The van der Waals surface area contributed by atoms with E-state index < -0.39 is 5.97 Å². The molecule has 8 heteroatoms. The van der Waals surface area contributed by atoms with Gasteiger partial charge in [-0.1, -0.05) is 23.5 Å². The number of hydrogen-bond donors (Lipinski definition) is 2. The Balaban J connectivity index is 1.63. The molecule has 1 aromatic carbocycles. The third-order valence-electron chi connectivity index (χ3n) is 4.17. The number of benzene rings is 1. The molecule has 1 aromatic heterocycles. The van der Waals surface area contributed by atoms with Crippen LogP contribution in [0, 0.1) is 6.92 Å². The van der Waals surface area contributed by atoms with Crippen LogP contribution in [0.15, 0.2) is 24.3 Å². The molecule has 7 nitrogen and oxygen atoms in total. The molecular weight excluding hydrogens is 354 g/mol. The average molecular weight is 375 g/mol. The molecule has 0 atom stereocenters. The van der Waals surface area contributed by atoms with Crippen LogP contribution >= 0.6 is 11.3 Å². The van der Waals surface area contributed by atoms with Gasteiger partial charge in [0.15, 0.2) is 5.13 Å². The molecule has 0 aliphatic heterocycles. The summed E-state index contributed by atoms with van der Waals surface area (Å²) in [7, 11) is 1.63. The first kappa shape index (κ1) is 18.3. The topological polar surface area (TPSA) is 91.8 Å². The van der Waals surface area contributed by atoms with Gasteiger partial charge in [-0.3, -0.25) is 9.69 Å². The van der Waals surface area contributed by atoms with Crippen molar-refractivity contribution in [2.45, 2.75) is 32.4 Å². The fourth-order valence-corrected chi connectivity index (χ4v) is 3.57. The van der Waals surface area contributed by atoms with E-state index in [9.17, 15) is 9.59 Å². The number of aromatic nitrogens is 1. The van der Waals surface area contributed by atoms with E-state index in [1.165, 1.54) is 0 Å². The first-order valence-electron chi connectivity index (χ1n) is 8.34. The van der Waals surface area contributed by atoms with Gasteiger partial charge >= 0.3 is 5.97 Å². The van der Waals surface area contributed by atoms with Crippen molar-refractivity contribution in [2.75, 3.05) is 19.0 Å². The molecule has 1 aliphatic carbocycles. The number of nitrogens with zero attached hydrogens (tertiary/aromatic N) is 2. The van der Waals surface area contributed by atoms with E-state index >= 15 is 0 Å². The summed E-state index contributed by atoms with van der Waals surface area (Å²) in [5.41, 5.74) is 1.50. The van der Waals surface area contributed by atoms with Gasteiger partial charge in [-0.05, 0) is 37.5 Å². The fourth-order valence-electron chi connectivity index (χ4n) is 2.75. The van der Waals surface area contributed by atoms with Gasteiger partial charge in [-0.25, -0.2) is 9.78 Å². The minimum Gasteiger partial charge on any atom is -0.497 e. The van der Waals surface area contributed by atoms with Gasteiger partial charge in [0, 0.05) is 12.6 Å². The molecule has 1 amide bonds.